The minimum atomic E-state index is -0.738. The van der Waals surface area contributed by atoms with Crippen LogP contribution >= 0.6 is 11.6 Å². The van der Waals surface area contributed by atoms with Crippen molar-refractivity contribution in [3.8, 4) is 0 Å². The molecule has 0 radical (unpaired) electrons. The third kappa shape index (κ3) is 3.87. The number of rotatable bonds is 3. The highest BCUT2D eigenvalue weighted by molar-refractivity contribution is 6.31. The van der Waals surface area contributed by atoms with E-state index in [9.17, 15) is 9.59 Å². The van der Waals surface area contributed by atoms with Crippen molar-refractivity contribution in [3.63, 3.8) is 0 Å². The Hall–Kier alpha value is -1.75. The molecule has 20 heavy (non-hydrogen) atoms. The molecule has 6 heteroatoms. The van der Waals surface area contributed by atoms with Crippen molar-refractivity contribution in [2.75, 3.05) is 23.3 Å². The van der Waals surface area contributed by atoms with E-state index in [1.54, 1.807) is 0 Å². The molecule has 1 atom stereocenters. The average molecular weight is 296 g/mol. The zero-order chi connectivity index (χ0) is 14.5. The summed E-state index contributed by atoms with van der Waals surface area (Å²) in [7, 11) is 0. The number of alkyl halides is 1. The fraction of sp³-hybridized carbons (Fsp3) is 0.429. The predicted molar refractivity (Wildman–Crippen MR) is 80.4 cm³/mol. The van der Waals surface area contributed by atoms with Crippen molar-refractivity contribution in [1.82, 2.24) is 5.32 Å². The van der Waals surface area contributed by atoms with Crippen molar-refractivity contribution in [3.05, 3.63) is 24.3 Å². The van der Waals surface area contributed by atoms with Crippen LogP contribution in [0, 0.1) is 0 Å². The van der Waals surface area contributed by atoms with Crippen molar-refractivity contribution < 1.29 is 9.59 Å². The van der Waals surface area contributed by atoms with Crippen molar-refractivity contribution in [1.29, 1.82) is 0 Å². The van der Waals surface area contributed by atoms with Gasteiger partial charge in [-0.25, -0.2) is 4.79 Å². The maximum Gasteiger partial charge on any atom is 0.325 e. The summed E-state index contributed by atoms with van der Waals surface area (Å²) in [6.07, 6.45) is 2.45. The van der Waals surface area contributed by atoms with Crippen molar-refractivity contribution >= 4 is 34.9 Å². The number of urea groups is 1. The molecule has 1 aliphatic rings. The molecule has 1 saturated heterocycles. The third-order valence-electron chi connectivity index (χ3n) is 3.19. The largest absolute Gasteiger partial charge is 0.372 e. The second-order valence-corrected chi connectivity index (χ2v) is 5.46. The Morgan fingerprint density at radius 2 is 1.80 bits per heavy atom. The van der Waals surface area contributed by atoms with Gasteiger partial charge in [-0.3, -0.25) is 10.1 Å². The molecule has 0 bridgehead atoms. The van der Waals surface area contributed by atoms with E-state index >= 15 is 0 Å². The van der Waals surface area contributed by atoms with Gasteiger partial charge >= 0.3 is 6.03 Å². The Morgan fingerprint density at radius 3 is 2.35 bits per heavy atom. The van der Waals surface area contributed by atoms with Gasteiger partial charge in [0.05, 0.1) is 0 Å². The lowest BCUT2D eigenvalue weighted by molar-refractivity contribution is -0.119. The van der Waals surface area contributed by atoms with E-state index in [2.05, 4.69) is 15.5 Å². The molecular weight excluding hydrogens is 278 g/mol. The van der Waals surface area contributed by atoms with E-state index in [-0.39, 0.29) is 0 Å². The summed E-state index contributed by atoms with van der Waals surface area (Å²) >= 11 is 5.57. The lowest BCUT2D eigenvalue weighted by Gasteiger charge is -2.17. The summed E-state index contributed by atoms with van der Waals surface area (Å²) < 4.78 is 0. The van der Waals surface area contributed by atoms with Gasteiger partial charge in [0.25, 0.3) is 0 Å². The third-order valence-corrected chi connectivity index (χ3v) is 3.39. The molecule has 1 fully saturated rings. The summed E-state index contributed by atoms with van der Waals surface area (Å²) in [5, 5.41) is 4.03. The molecule has 2 rings (SSSR count). The van der Waals surface area contributed by atoms with Crippen LogP contribution in [0.4, 0.5) is 16.2 Å². The van der Waals surface area contributed by atoms with Gasteiger partial charge < -0.3 is 10.2 Å². The summed E-state index contributed by atoms with van der Waals surface area (Å²) in [4.78, 5) is 25.1. The van der Waals surface area contributed by atoms with Gasteiger partial charge in [-0.05, 0) is 44.0 Å². The number of benzene rings is 1. The number of imide groups is 1. The normalized spacial score (nSPS) is 15.8. The maximum atomic E-state index is 11.6. The van der Waals surface area contributed by atoms with Crippen LogP contribution in [0.3, 0.4) is 0 Å². The topological polar surface area (TPSA) is 61.4 Å². The van der Waals surface area contributed by atoms with Crippen molar-refractivity contribution in [2.45, 2.75) is 25.1 Å². The molecule has 0 aliphatic carbocycles. The van der Waals surface area contributed by atoms with Gasteiger partial charge in [0.15, 0.2) is 0 Å². The van der Waals surface area contributed by atoms with E-state index in [1.807, 2.05) is 24.3 Å². The minimum Gasteiger partial charge on any atom is -0.372 e. The Kier molecular flexibility index (Phi) is 4.84. The first-order chi connectivity index (χ1) is 9.56. The van der Waals surface area contributed by atoms with E-state index in [1.165, 1.54) is 19.8 Å². The van der Waals surface area contributed by atoms with Gasteiger partial charge in [-0.2, -0.15) is 0 Å². The average Bonchev–Trinajstić information content (AvgIpc) is 2.93. The molecule has 2 N–H and O–H groups in total. The van der Waals surface area contributed by atoms with Gasteiger partial charge in [-0.1, -0.05) is 0 Å². The van der Waals surface area contributed by atoms with Crippen LogP contribution in [0.2, 0.25) is 0 Å². The Morgan fingerprint density at radius 1 is 1.20 bits per heavy atom. The van der Waals surface area contributed by atoms with E-state index in [0.29, 0.717) is 5.69 Å². The van der Waals surface area contributed by atoms with Crippen LogP contribution in [0.1, 0.15) is 19.8 Å². The monoisotopic (exact) mass is 295 g/mol. The molecule has 1 heterocycles. The summed E-state index contributed by atoms with van der Waals surface area (Å²) in [5.41, 5.74) is 1.79. The standard InChI is InChI=1S/C14H18ClN3O2/c1-10(15)13(19)17-14(20)16-11-4-6-12(7-5-11)18-8-2-3-9-18/h4-7,10H,2-3,8-9H2,1H3,(H2,16,17,19,20). The first-order valence-electron chi connectivity index (χ1n) is 6.67. The maximum absolute atomic E-state index is 11.6. The highest BCUT2D eigenvalue weighted by atomic mass is 35.5. The van der Waals surface area contributed by atoms with Crippen LogP contribution in [-0.2, 0) is 4.79 Å². The second kappa shape index (κ2) is 6.61. The van der Waals surface area contributed by atoms with Gasteiger partial charge in [0.1, 0.15) is 5.38 Å². The fourth-order valence-electron chi connectivity index (χ4n) is 2.10. The number of anilines is 2. The van der Waals surface area contributed by atoms with Gasteiger partial charge in [-0.15, -0.1) is 11.6 Å². The summed E-state index contributed by atoms with van der Waals surface area (Å²) in [6, 6.07) is 7.00. The van der Waals surface area contributed by atoms with Gasteiger partial charge in [0.2, 0.25) is 5.91 Å². The van der Waals surface area contributed by atoms with Gasteiger partial charge in [0, 0.05) is 24.5 Å². The lowest BCUT2D eigenvalue weighted by Crippen LogP contribution is -2.38. The number of halogens is 1. The second-order valence-electron chi connectivity index (χ2n) is 4.80. The first kappa shape index (κ1) is 14.7. The van der Waals surface area contributed by atoms with Crippen LogP contribution in [-0.4, -0.2) is 30.4 Å². The van der Waals surface area contributed by atoms with E-state index < -0.39 is 17.3 Å². The molecule has 1 unspecified atom stereocenters. The van der Waals surface area contributed by atoms with E-state index in [0.717, 1.165) is 18.8 Å². The zero-order valence-corrected chi connectivity index (χ0v) is 12.1. The lowest BCUT2D eigenvalue weighted by atomic mass is 10.2. The van der Waals surface area contributed by atoms with Crippen LogP contribution in [0.25, 0.3) is 0 Å². The van der Waals surface area contributed by atoms with Crippen molar-refractivity contribution in [2.24, 2.45) is 0 Å². The fourth-order valence-corrected chi connectivity index (χ4v) is 2.16. The summed E-state index contributed by atoms with van der Waals surface area (Å²) in [5.74, 6) is -0.516. The Bertz CT molecular complexity index is 482. The quantitative estimate of drug-likeness (QED) is 0.843. The molecule has 108 valence electrons. The molecule has 5 nitrogen and oxygen atoms in total. The number of amides is 3. The number of nitrogens with one attached hydrogen (secondary N) is 2. The van der Waals surface area contributed by atoms with Crippen LogP contribution in [0.15, 0.2) is 24.3 Å². The zero-order valence-electron chi connectivity index (χ0n) is 11.4. The number of hydrogen-bond donors (Lipinski definition) is 2. The molecule has 3 amide bonds. The molecule has 1 aliphatic heterocycles. The molecular formula is C14H18ClN3O2. The number of carbonyl (C=O) groups excluding carboxylic acids is 2. The SMILES string of the molecule is CC(Cl)C(=O)NC(=O)Nc1ccc(N2CCCC2)cc1. The Balaban J connectivity index is 1.90. The molecule has 0 spiro atoms. The Labute approximate surface area is 123 Å². The highest BCUT2D eigenvalue weighted by Crippen LogP contribution is 2.21. The predicted octanol–water partition coefficient (Wildman–Crippen LogP) is 2.56. The smallest absolute Gasteiger partial charge is 0.325 e. The van der Waals surface area contributed by atoms with E-state index in [4.69, 9.17) is 11.6 Å². The molecule has 1 aromatic rings. The van der Waals surface area contributed by atoms with Crippen LogP contribution < -0.4 is 15.5 Å². The minimum absolute atomic E-state index is 0.516. The first-order valence-corrected chi connectivity index (χ1v) is 7.11. The number of nitrogens with zero attached hydrogens (tertiary/aromatic N) is 1. The molecule has 0 aromatic heterocycles. The number of carbonyl (C=O) groups is 2. The molecule has 0 saturated carbocycles. The number of hydrogen-bond acceptors (Lipinski definition) is 3. The highest BCUT2D eigenvalue weighted by Gasteiger charge is 2.14. The van der Waals surface area contributed by atoms with Crippen LogP contribution in [0.5, 0.6) is 0 Å². The summed E-state index contributed by atoms with van der Waals surface area (Å²) in [6.45, 7) is 3.67. The molecule has 1 aromatic carbocycles.